The molecule has 0 spiro atoms. The average Bonchev–Trinajstić information content (AvgIpc) is 3.20. The molecule has 2 aliphatic heterocycles. The monoisotopic (exact) mass is 360 g/mol. The molecule has 0 radical (unpaired) electrons. The second-order valence-corrected chi connectivity index (χ2v) is 6.97. The third-order valence-electron chi connectivity index (χ3n) is 5.00. The van der Waals surface area contributed by atoms with E-state index in [1.165, 1.54) is 0 Å². The maximum Gasteiger partial charge on any atom is 0.226 e. The Kier molecular flexibility index (Phi) is 6.89. The molecule has 2 aliphatic rings. The first-order valence-corrected chi connectivity index (χ1v) is 9.57. The Balaban J connectivity index is 1.39. The van der Waals surface area contributed by atoms with Crippen molar-refractivity contribution in [1.29, 1.82) is 0 Å². The van der Waals surface area contributed by atoms with Gasteiger partial charge in [0.25, 0.3) is 0 Å². The van der Waals surface area contributed by atoms with Crippen LogP contribution in [0.25, 0.3) is 0 Å². The third-order valence-corrected chi connectivity index (χ3v) is 5.00. The van der Waals surface area contributed by atoms with Crippen molar-refractivity contribution in [2.45, 2.75) is 38.2 Å². The van der Waals surface area contributed by atoms with E-state index < -0.39 is 0 Å². The van der Waals surface area contributed by atoms with Crippen molar-refractivity contribution in [2.75, 3.05) is 32.8 Å². The first-order chi connectivity index (χ1) is 12.7. The predicted octanol–water partition coefficient (Wildman–Crippen LogP) is 1.99. The number of ether oxygens (including phenoxy) is 2. The highest BCUT2D eigenvalue weighted by atomic mass is 16.5. The minimum atomic E-state index is -0.121. The van der Waals surface area contributed by atoms with E-state index in [0.717, 1.165) is 44.6 Å². The van der Waals surface area contributed by atoms with Crippen molar-refractivity contribution in [1.82, 2.24) is 10.2 Å². The topological polar surface area (TPSA) is 67.9 Å². The van der Waals surface area contributed by atoms with Crippen molar-refractivity contribution in [3.8, 4) is 5.75 Å². The van der Waals surface area contributed by atoms with Gasteiger partial charge in [0, 0.05) is 26.2 Å². The van der Waals surface area contributed by atoms with E-state index in [9.17, 15) is 9.59 Å². The highest BCUT2D eigenvalue weighted by Gasteiger charge is 2.28. The number of para-hydroxylation sites is 1. The molecule has 0 aliphatic carbocycles. The normalized spacial score (nSPS) is 22.8. The number of nitrogens with zero attached hydrogens (tertiary/aromatic N) is 1. The van der Waals surface area contributed by atoms with Gasteiger partial charge in [-0.15, -0.1) is 0 Å². The van der Waals surface area contributed by atoms with Gasteiger partial charge in [-0.2, -0.15) is 0 Å². The molecule has 26 heavy (non-hydrogen) atoms. The van der Waals surface area contributed by atoms with E-state index in [1.54, 1.807) is 4.90 Å². The number of nitrogens with one attached hydrogen (secondary N) is 1. The lowest BCUT2D eigenvalue weighted by Crippen LogP contribution is -2.46. The molecule has 2 saturated heterocycles. The number of amides is 2. The Labute approximate surface area is 154 Å². The lowest BCUT2D eigenvalue weighted by Gasteiger charge is -2.32. The number of likely N-dealkylation sites (tertiary alicyclic amines) is 1. The van der Waals surface area contributed by atoms with Gasteiger partial charge in [-0.05, 0) is 37.8 Å². The molecule has 0 bridgehead atoms. The molecule has 142 valence electrons. The summed E-state index contributed by atoms with van der Waals surface area (Å²) in [4.78, 5) is 26.6. The van der Waals surface area contributed by atoms with Crippen molar-refractivity contribution >= 4 is 11.8 Å². The molecule has 1 N–H and O–H groups in total. The summed E-state index contributed by atoms with van der Waals surface area (Å²) in [7, 11) is 0. The molecule has 1 aromatic rings. The van der Waals surface area contributed by atoms with Crippen molar-refractivity contribution < 1.29 is 19.1 Å². The zero-order valence-corrected chi connectivity index (χ0v) is 15.2. The maximum absolute atomic E-state index is 12.4. The molecular formula is C20H28N2O4. The fourth-order valence-corrected chi connectivity index (χ4v) is 3.51. The minimum absolute atomic E-state index is 0.0403. The Morgan fingerprint density at radius 3 is 2.81 bits per heavy atom. The van der Waals surface area contributed by atoms with E-state index >= 15 is 0 Å². The van der Waals surface area contributed by atoms with Gasteiger partial charge in [-0.25, -0.2) is 0 Å². The van der Waals surface area contributed by atoms with Crippen LogP contribution < -0.4 is 10.1 Å². The molecule has 6 heteroatoms. The zero-order chi connectivity index (χ0) is 18.2. The quantitative estimate of drug-likeness (QED) is 0.807. The van der Waals surface area contributed by atoms with E-state index in [-0.39, 0.29) is 23.8 Å². The van der Waals surface area contributed by atoms with E-state index in [1.807, 2.05) is 30.3 Å². The highest BCUT2D eigenvalue weighted by molar-refractivity contribution is 5.81. The van der Waals surface area contributed by atoms with Crippen LogP contribution in [0.5, 0.6) is 5.75 Å². The summed E-state index contributed by atoms with van der Waals surface area (Å²) in [5.74, 6) is 0.741. The zero-order valence-electron chi connectivity index (χ0n) is 15.2. The number of hydrogen-bond donors (Lipinski definition) is 1. The molecule has 6 nitrogen and oxygen atoms in total. The summed E-state index contributed by atoms with van der Waals surface area (Å²) in [6.45, 7) is 2.95. The van der Waals surface area contributed by atoms with Crippen LogP contribution in [0.2, 0.25) is 0 Å². The van der Waals surface area contributed by atoms with Gasteiger partial charge in [0.15, 0.2) is 0 Å². The molecule has 2 atom stereocenters. The number of carbonyl (C=O) groups is 2. The number of hydrogen-bond acceptors (Lipinski definition) is 4. The Hall–Kier alpha value is -2.08. The summed E-state index contributed by atoms with van der Waals surface area (Å²) in [5, 5.41) is 2.99. The lowest BCUT2D eigenvalue weighted by atomic mass is 9.96. The molecule has 2 heterocycles. The molecular weight excluding hydrogens is 332 g/mol. The van der Waals surface area contributed by atoms with Crippen LogP contribution in [-0.2, 0) is 14.3 Å². The van der Waals surface area contributed by atoms with Gasteiger partial charge in [-0.3, -0.25) is 9.59 Å². The first kappa shape index (κ1) is 18.7. The van der Waals surface area contributed by atoms with Crippen molar-refractivity contribution in [2.24, 2.45) is 5.92 Å². The van der Waals surface area contributed by atoms with Crippen LogP contribution in [0, 0.1) is 5.92 Å². The second-order valence-electron chi connectivity index (χ2n) is 6.97. The summed E-state index contributed by atoms with van der Waals surface area (Å²) in [5.41, 5.74) is 0. The van der Waals surface area contributed by atoms with Gasteiger partial charge in [0.2, 0.25) is 11.8 Å². The number of carbonyl (C=O) groups excluding carboxylic acids is 2. The molecule has 0 aromatic heterocycles. The lowest BCUT2D eigenvalue weighted by molar-refractivity contribution is -0.136. The summed E-state index contributed by atoms with van der Waals surface area (Å²) < 4.78 is 11.1. The van der Waals surface area contributed by atoms with Crippen LogP contribution in [0.15, 0.2) is 30.3 Å². The molecule has 2 amide bonds. The number of piperidine rings is 1. The number of rotatable bonds is 7. The Morgan fingerprint density at radius 2 is 2.04 bits per heavy atom. The van der Waals surface area contributed by atoms with E-state index in [4.69, 9.17) is 9.47 Å². The molecule has 1 aromatic carbocycles. The third kappa shape index (κ3) is 5.46. The van der Waals surface area contributed by atoms with Gasteiger partial charge >= 0.3 is 0 Å². The van der Waals surface area contributed by atoms with Gasteiger partial charge in [0.05, 0.1) is 25.0 Å². The van der Waals surface area contributed by atoms with Crippen LogP contribution in [0.4, 0.5) is 0 Å². The van der Waals surface area contributed by atoms with Gasteiger partial charge in [0.1, 0.15) is 5.75 Å². The van der Waals surface area contributed by atoms with Crippen LogP contribution >= 0.6 is 0 Å². The highest BCUT2D eigenvalue weighted by Crippen LogP contribution is 2.18. The standard InChI is InChI=1S/C20H28N2O4/c23-19(10-13-26-17-7-2-1-3-8-17)22-11-4-6-16(15-22)20(24)21-14-18-9-5-12-25-18/h1-3,7-8,16,18H,4-6,9-15H2,(H,21,24)/t16-,18+/m0/s1. The largest absolute Gasteiger partial charge is 0.493 e. The summed E-state index contributed by atoms with van der Waals surface area (Å²) in [6, 6.07) is 9.48. The first-order valence-electron chi connectivity index (χ1n) is 9.57. The van der Waals surface area contributed by atoms with Crippen LogP contribution in [0.3, 0.4) is 0 Å². The minimum Gasteiger partial charge on any atom is -0.493 e. The van der Waals surface area contributed by atoms with Crippen LogP contribution in [-0.4, -0.2) is 55.7 Å². The Bertz CT molecular complexity index is 587. The van der Waals surface area contributed by atoms with E-state index in [2.05, 4.69) is 5.32 Å². The number of benzene rings is 1. The van der Waals surface area contributed by atoms with Gasteiger partial charge in [-0.1, -0.05) is 18.2 Å². The molecule has 0 unspecified atom stereocenters. The maximum atomic E-state index is 12.4. The fraction of sp³-hybridized carbons (Fsp3) is 0.600. The van der Waals surface area contributed by atoms with Gasteiger partial charge < -0.3 is 19.7 Å². The van der Waals surface area contributed by atoms with E-state index in [0.29, 0.717) is 26.1 Å². The summed E-state index contributed by atoms with van der Waals surface area (Å²) >= 11 is 0. The van der Waals surface area contributed by atoms with Crippen LogP contribution in [0.1, 0.15) is 32.1 Å². The fourth-order valence-electron chi connectivity index (χ4n) is 3.51. The smallest absolute Gasteiger partial charge is 0.226 e. The average molecular weight is 360 g/mol. The van der Waals surface area contributed by atoms with Crippen molar-refractivity contribution in [3.63, 3.8) is 0 Å². The van der Waals surface area contributed by atoms with Crippen molar-refractivity contribution in [3.05, 3.63) is 30.3 Å². The predicted molar refractivity (Wildman–Crippen MR) is 97.8 cm³/mol. The second kappa shape index (κ2) is 9.57. The molecule has 3 rings (SSSR count). The summed E-state index contributed by atoms with van der Waals surface area (Å²) in [6.07, 6.45) is 4.26. The Morgan fingerprint density at radius 1 is 1.19 bits per heavy atom. The molecule has 2 fully saturated rings. The SMILES string of the molecule is O=C(NC[C@H]1CCCO1)[C@H]1CCCN(C(=O)CCOc2ccccc2)C1. The molecule has 0 saturated carbocycles.